The number of hydrogen-bond donors (Lipinski definition) is 0. The largest absolute Gasteiger partial charge is 0.494 e. The lowest BCUT2D eigenvalue weighted by atomic mass is 9.96. The second kappa shape index (κ2) is 8.48. The number of halogens is 1. The van der Waals surface area contributed by atoms with E-state index in [-0.39, 0.29) is 12.3 Å². The Kier molecular flexibility index (Phi) is 5.55. The first-order valence-corrected chi connectivity index (χ1v) is 12.0. The highest BCUT2D eigenvalue weighted by atomic mass is 35.5. The van der Waals surface area contributed by atoms with Crippen LogP contribution in [0.15, 0.2) is 76.7 Å². The molecule has 0 unspecified atom stereocenters. The summed E-state index contributed by atoms with van der Waals surface area (Å²) in [6, 6.07) is 22.6. The van der Waals surface area contributed by atoms with E-state index < -0.39 is 0 Å². The summed E-state index contributed by atoms with van der Waals surface area (Å²) < 4.78 is 12.0. The molecule has 0 bridgehead atoms. The third-order valence-electron chi connectivity index (χ3n) is 5.65. The van der Waals surface area contributed by atoms with Gasteiger partial charge in [-0.25, -0.2) is 5.01 Å². The van der Waals surface area contributed by atoms with Crippen molar-refractivity contribution < 1.29 is 9.47 Å². The molecule has 3 aromatic rings. The van der Waals surface area contributed by atoms with Crippen LogP contribution in [0.1, 0.15) is 42.3 Å². The summed E-state index contributed by atoms with van der Waals surface area (Å²) in [6.07, 6.45) is 2.59. The molecular weight excluding hydrogens is 428 g/mol. The average molecular weight is 451 g/mol. The summed E-state index contributed by atoms with van der Waals surface area (Å²) in [7, 11) is 0. The third-order valence-corrected chi connectivity index (χ3v) is 6.63. The van der Waals surface area contributed by atoms with E-state index in [1.165, 1.54) is 4.90 Å². The molecule has 0 aliphatic carbocycles. The minimum Gasteiger partial charge on any atom is -0.494 e. The Balaban J connectivity index is 1.53. The maximum atomic E-state index is 6.43. The van der Waals surface area contributed by atoms with Crippen LogP contribution in [0.3, 0.4) is 0 Å². The van der Waals surface area contributed by atoms with Crippen molar-refractivity contribution in [1.82, 2.24) is 5.01 Å². The summed E-state index contributed by atoms with van der Waals surface area (Å²) in [4.78, 5) is 1.23. The molecule has 0 amide bonds. The van der Waals surface area contributed by atoms with Crippen LogP contribution in [0, 0.1) is 0 Å². The second-order valence-corrected chi connectivity index (χ2v) is 8.85. The first kappa shape index (κ1) is 20.3. The number of thioether (sulfide) groups is 1. The van der Waals surface area contributed by atoms with Gasteiger partial charge in [-0.1, -0.05) is 23.7 Å². The number of hydrogen-bond acceptors (Lipinski definition) is 5. The van der Waals surface area contributed by atoms with Crippen LogP contribution in [0.4, 0.5) is 0 Å². The van der Waals surface area contributed by atoms with Crippen molar-refractivity contribution in [1.29, 1.82) is 0 Å². The predicted molar refractivity (Wildman–Crippen MR) is 126 cm³/mol. The minimum absolute atomic E-state index is 0.0780. The van der Waals surface area contributed by atoms with Crippen LogP contribution in [0.25, 0.3) is 0 Å². The second-order valence-electron chi connectivity index (χ2n) is 7.53. The summed E-state index contributed by atoms with van der Waals surface area (Å²) >= 11 is 8.06. The van der Waals surface area contributed by atoms with Crippen molar-refractivity contribution in [2.75, 3.05) is 12.9 Å². The molecule has 6 heteroatoms. The number of ether oxygens (including phenoxy) is 2. The number of hydrazone groups is 1. The standard InChI is InChI=1S/C25H23ClN2O2S/c1-3-29-19-9-4-16(5-10-19)22-15-23-21-14-18(26)8-13-24(21)30-25(28(23)27-22)17-6-11-20(31-2)12-7-17/h4-14,23,25H,3,15H2,1-2H3/t23-,25+/m1/s1. The predicted octanol–water partition coefficient (Wildman–Crippen LogP) is 6.70. The van der Waals surface area contributed by atoms with Gasteiger partial charge in [0.05, 0.1) is 18.4 Å². The van der Waals surface area contributed by atoms with Gasteiger partial charge in [0.2, 0.25) is 6.23 Å². The maximum absolute atomic E-state index is 6.43. The summed E-state index contributed by atoms with van der Waals surface area (Å²) in [5.41, 5.74) is 4.29. The highest BCUT2D eigenvalue weighted by molar-refractivity contribution is 7.98. The zero-order valence-corrected chi connectivity index (χ0v) is 19.0. The van der Waals surface area contributed by atoms with Crippen LogP contribution in [0.2, 0.25) is 5.02 Å². The molecular formula is C25H23ClN2O2S. The quantitative estimate of drug-likeness (QED) is 0.405. The Labute approximate surface area is 191 Å². The lowest BCUT2D eigenvalue weighted by Crippen LogP contribution is -2.33. The van der Waals surface area contributed by atoms with E-state index in [4.69, 9.17) is 26.2 Å². The zero-order valence-electron chi connectivity index (χ0n) is 17.4. The highest BCUT2D eigenvalue weighted by Gasteiger charge is 2.41. The van der Waals surface area contributed by atoms with Gasteiger partial charge < -0.3 is 9.47 Å². The van der Waals surface area contributed by atoms with Crippen molar-refractivity contribution in [2.24, 2.45) is 5.10 Å². The van der Waals surface area contributed by atoms with E-state index in [9.17, 15) is 0 Å². The van der Waals surface area contributed by atoms with Gasteiger partial charge in [0.1, 0.15) is 11.5 Å². The molecule has 31 heavy (non-hydrogen) atoms. The Morgan fingerprint density at radius 3 is 2.58 bits per heavy atom. The summed E-state index contributed by atoms with van der Waals surface area (Å²) in [5.74, 6) is 1.74. The zero-order chi connectivity index (χ0) is 21.4. The van der Waals surface area contributed by atoms with Gasteiger partial charge in [0, 0.05) is 27.5 Å². The summed E-state index contributed by atoms with van der Waals surface area (Å²) in [6.45, 7) is 2.64. The van der Waals surface area contributed by atoms with E-state index in [0.29, 0.717) is 11.6 Å². The molecule has 0 saturated carbocycles. The lowest BCUT2D eigenvalue weighted by Gasteiger charge is -2.38. The van der Waals surface area contributed by atoms with Crippen LogP contribution in [-0.4, -0.2) is 23.6 Å². The van der Waals surface area contributed by atoms with Crippen LogP contribution in [0.5, 0.6) is 11.5 Å². The van der Waals surface area contributed by atoms with Crippen LogP contribution in [-0.2, 0) is 0 Å². The van der Waals surface area contributed by atoms with Gasteiger partial charge in [0.15, 0.2) is 0 Å². The van der Waals surface area contributed by atoms with Crippen molar-refractivity contribution in [3.05, 3.63) is 88.4 Å². The normalized spacial score (nSPS) is 19.3. The molecule has 2 heterocycles. The first-order valence-electron chi connectivity index (χ1n) is 10.4. The topological polar surface area (TPSA) is 34.1 Å². The minimum atomic E-state index is -0.283. The number of rotatable bonds is 5. The van der Waals surface area contributed by atoms with E-state index in [2.05, 4.69) is 47.7 Å². The van der Waals surface area contributed by atoms with Crippen LogP contribution >= 0.6 is 23.4 Å². The summed E-state index contributed by atoms with van der Waals surface area (Å²) in [5, 5.41) is 7.81. The third kappa shape index (κ3) is 3.88. The Hall–Kier alpha value is -2.63. The lowest BCUT2D eigenvalue weighted by molar-refractivity contribution is -0.0190. The molecule has 4 nitrogen and oxygen atoms in total. The SMILES string of the molecule is CCOc1ccc(C2=NN3[C@H](C2)c2cc(Cl)ccc2O[C@H]3c2ccc(SC)cc2)cc1. The fraction of sp³-hybridized carbons (Fsp3) is 0.240. The van der Waals surface area contributed by atoms with Crippen LogP contribution < -0.4 is 9.47 Å². The molecule has 5 rings (SSSR count). The molecule has 2 aliphatic rings. The van der Waals surface area contributed by atoms with Gasteiger partial charge in [0.25, 0.3) is 0 Å². The maximum Gasteiger partial charge on any atom is 0.213 e. The van der Waals surface area contributed by atoms with E-state index in [1.54, 1.807) is 11.8 Å². The Bertz CT molecular complexity index is 1120. The Morgan fingerprint density at radius 2 is 1.87 bits per heavy atom. The Morgan fingerprint density at radius 1 is 1.10 bits per heavy atom. The fourth-order valence-electron chi connectivity index (χ4n) is 4.13. The molecule has 3 aromatic carbocycles. The number of nitrogens with zero attached hydrogens (tertiary/aromatic N) is 2. The molecule has 0 N–H and O–H groups in total. The number of benzene rings is 3. The van der Waals surface area contributed by atoms with Gasteiger partial charge in [-0.05, 0) is 73.3 Å². The van der Waals surface area contributed by atoms with Crippen molar-refractivity contribution in [2.45, 2.75) is 30.5 Å². The number of fused-ring (bicyclic) bond motifs is 3. The van der Waals surface area contributed by atoms with E-state index in [1.807, 2.05) is 37.3 Å². The molecule has 0 fully saturated rings. The molecule has 2 atom stereocenters. The first-order chi connectivity index (χ1) is 15.2. The molecule has 0 aromatic heterocycles. The van der Waals surface area contributed by atoms with E-state index in [0.717, 1.165) is 40.3 Å². The average Bonchev–Trinajstić information content (AvgIpc) is 3.25. The van der Waals surface area contributed by atoms with E-state index >= 15 is 0 Å². The molecule has 0 saturated heterocycles. The molecule has 0 spiro atoms. The van der Waals surface area contributed by atoms with Gasteiger partial charge in [-0.3, -0.25) is 0 Å². The van der Waals surface area contributed by atoms with Gasteiger partial charge in [-0.15, -0.1) is 11.8 Å². The monoisotopic (exact) mass is 450 g/mol. The van der Waals surface area contributed by atoms with Crippen molar-refractivity contribution in [3.63, 3.8) is 0 Å². The molecule has 158 valence electrons. The van der Waals surface area contributed by atoms with Gasteiger partial charge in [-0.2, -0.15) is 5.10 Å². The van der Waals surface area contributed by atoms with Crippen molar-refractivity contribution >= 4 is 29.1 Å². The highest BCUT2D eigenvalue weighted by Crippen LogP contribution is 2.48. The fourth-order valence-corrected chi connectivity index (χ4v) is 4.72. The molecule has 2 aliphatic heterocycles. The smallest absolute Gasteiger partial charge is 0.213 e. The van der Waals surface area contributed by atoms with Crippen molar-refractivity contribution in [3.8, 4) is 11.5 Å². The molecule has 0 radical (unpaired) electrons. The van der Waals surface area contributed by atoms with Gasteiger partial charge >= 0.3 is 0 Å².